The molecule has 8 nitrogen and oxygen atoms in total. The second-order valence-corrected chi connectivity index (χ2v) is 8.20. The van der Waals surface area contributed by atoms with Crippen molar-refractivity contribution in [3.05, 3.63) is 34.9 Å². The average Bonchev–Trinajstić information content (AvgIpc) is 2.84. The van der Waals surface area contributed by atoms with Crippen LogP contribution in [0.2, 0.25) is 0 Å². The lowest BCUT2D eigenvalue weighted by atomic mass is 9.96. The third kappa shape index (κ3) is 4.22. The third-order valence-corrected chi connectivity index (χ3v) is 6.13. The summed E-state index contributed by atoms with van der Waals surface area (Å²) in [6.07, 6.45) is 0.332. The summed E-state index contributed by atoms with van der Waals surface area (Å²) in [7, 11) is 0. The number of hydrogen-bond donors (Lipinski definition) is 3. The summed E-state index contributed by atoms with van der Waals surface area (Å²) in [5.74, 6) is -5.76. The molecule has 2 atom stereocenters. The number of nitrogens with one attached hydrogen (secondary N) is 3. The minimum Gasteiger partial charge on any atom is -0.316 e. The highest BCUT2D eigenvalue weighted by molar-refractivity contribution is 6.23. The number of benzene rings is 1. The van der Waals surface area contributed by atoms with Gasteiger partial charge in [0, 0.05) is 38.4 Å². The summed E-state index contributed by atoms with van der Waals surface area (Å²) >= 11 is 0. The zero-order valence-corrected chi connectivity index (χ0v) is 16.9. The lowest BCUT2D eigenvalue weighted by Gasteiger charge is -2.27. The molecule has 2 unspecified atom stereocenters. The smallest absolute Gasteiger partial charge is 0.262 e. The lowest BCUT2D eigenvalue weighted by Crippen LogP contribution is -2.54. The minimum absolute atomic E-state index is 0.0559. The fraction of sp³-hybridized carbons (Fsp3) is 0.524. The topological polar surface area (TPSA) is 108 Å². The SMILES string of the molecule is O=C1CCC(N2C(=O)c3ccc(CNCC4CCNCCC4(F)F)cc3C2=O)C(=O)N1. The third-order valence-electron chi connectivity index (χ3n) is 6.13. The molecule has 1 aromatic carbocycles. The molecule has 3 aliphatic rings. The molecule has 2 fully saturated rings. The largest absolute Gasteiger partial charge is 0.316 e. The molecule has 0 aliphatic carbocycles. The van der Waals surface area contributed by atoms with E-state index in [0.717, 1.165) is 4.90 Å². The van der Waals surface area contributed by atoms with E-state index in [2.05, 4.69) is 16.0 Å². The Hall–Kier alpha value is -2.72. The molecule has 2 saturated heterocycles. The standard InChI is InChI=1S/C21H24F2N4O4/c22-21(23)6-8-24-7-5-13(21)11-25-10-12-1-2-14-15(9-12)20(31)27(19(14)30)16-3-4-17(28)26-18(16)29/h1-2,9,13,16,24-25H,3-8,10-11H2,(H,26,28,29). The van der Waals surface area contributed by atoms with Crippen molar-refractivity contribution in [2.75, 3.05) is 19.6 Å². The Morgan fingerprint density at radius 3 is 2.61 bits per heavy atom. The molecule has 3 heterocycles. The molecular formula is C21H24F2N4O4. The molecule has 10 heteroatoms. The van der Waals surface area contributed by atoms with Crippen LogP contribution in [0, 0.1) is 5.92 Å². The average molecular weight is 434 g/mol. The Kier molecular flexibility index (Phi) is 5.85. The number of alkyl halides is 2. The van der Waals surface area contributed by atoms with Crippen LogP contribution >= 0.6 is 0 Å². The zero-order chi connectivity index (χ0) is 22.2. The Labute approximate surface area is 177 Å². The molecule has 4 amide bonds. The van der Waals surface area contributed by atoms with E-state index >= 15 is 0 Å². The molecule has 1 aromatic rings. The first-order valence-corrected chi connectivity index (χ1v) is 10.4. The van der Waals surface area contributed by atoms with Gasteiger partial charge in [0.25, 0.3) is 17.7 Å². The number of hydrogen-bond acceptors (Lipinski definition) is 6. The van der Waals surface area contributed by atoms with E-state index in [9.17, 15) is 28.0 Å². The summed E-state index contributed by atoms with van der Waals surface area (Å²) in [5, 5.41) is 8.18. The van der Waals surface area contributed by atoms with Crippen molar-refractivity contribution < 1.29 is 28.0 Å². The van der Waals surface area contributed by atoms with Crippen molar-refractivity contribution in [2.24, 2.45) is 5.92 Å². The van der Waals surface area contributed by atoms with Crippen molar-refractivity contribution in [3.8, 4) is 0 Å². The van der Waals surface area contributed by atoms with Crippen molar-refractivity contribution in [1.82, 2.24) is 20.9 Å². The van der Waals surface area contributed by atoms with Crippen molar-refractivity contribution in [3.63, 3.8) is 0 Å². The molecule has 0 bridgehead atoms. The van der Waals surface area contributed by atoms with Gasteiger partial charge in [-0.05, 0) is 37.1 Å². The van der Waals surface area contributed by atoms with Gasteiger partial charge in [0.2, 0.25) is 11.8 Å². The van der Waals surface area contributed by atoms with Gasteiger partial charge in [-0.3, -0.25) is 29.4 Å². The van der Waals surface area contributed by atoms with Gasteiger partial charge in [-0.15, -0.1) is 0 Å². The number of amides is 4. The van der Waals surface area contributed by atoms with E-state index in [1.807, 2.05) is 0 Å². The van der Waals surface area contributed by atoms with E-state index < -0.39 is 41.5 Å². The highest BCUT2D eigenvalue weighted by Gasteiger charge is 2.44. The van der Waals surface area contributed by atoms with E-state index in [1.54, 1.807) is 12.1 Å². The van der Waals surface area contributed by atoms with Crippen molar-refractivity contribution >= 4 is 23.6 Å². The molecule has 0 radical (unpaired) electrons. The first-order chi connectivity index (χ1) is 14.8. The van der Waals surface area contributed by atoms with Crippen LogP contribution in [0.3, 0.4) is 0 Å². The van der Waals surface area contributed by atoms with Gasteiger partial charge in [-0.25, -0.2) is 8.78 Å². The molecular weight excluding hydrogens is 410 g/mol. The second kappa shape index (κ2) is 8.43. The number of nitrogens with zero attached hydrogens (tertiary/aromatic N) is 1. The van der Waals surface area contributed by atoms with Crippen molar-refractivity contribution in [2.45, 2.75) is 44.2 Å². The molecule has 0 spiro atoms. The van der Waals surface area contributed by atoms with Gasteiger partial charge >= 0.3 is 0 Å². The van der Waals surface area contributed by atoms with Crippen LogP contribution < -0.4 is 16.0 Å². The molecule has 3 N–H and O–H groups in total. The van der Waals surface area contributed by atoms with Gasteiger partial charge in [0.05, 0.1) is 11.1 Å². The van der Waals surface area contributed by atoms with Gasteiger partial charge in [-0.2, -0.15) is 0 Å². The summed E-state index contributed by atoms with van der Waals surface area (Å²) < 4.78 is 28.4. The van der Waals surface area contributed by atoms with Gasteiger partial charge in [0.1, 0.15) is 6.04 Å². The second-order valence-electron chi connectivity index (χ2n) is 8.20. The number of halogens is 2. The Balaban J connectivity index is 1.42. The Morgan fingerprint density at radius 2 is 1.84 bits per heavy atom. The number of carbonyl (C=O) groups excluding carboxylic acids is 4. The molecule has 4 rings (SSSR count). The first kappa shape index (κ1) is 21.5. The fourth-order valence-electron chi connectivity index (χ4n) is 4.34. The summed E-state index contributed by atoms with van der Waals surface area (Å²) in [5.41, 5.74) is 1.05. The molecule has 0 aromatic heterocycles. The fourth-order valence-corrected chi connectivity index (χ4v) is 4.34. The predicted octanol–water partition coefficient (Wildman–Crippen LogP) is 0.812. The quantitative estimate of drug-likeness (QED) is 0.592. The zero-order valence-electron chi connectivity index (χ0n) is 16.9. The number of rotatable bonds is 5. The van der Waals surface area contributed by atoms with Crippen LogP contribution in [0.4, 0.5) is 8.78 Å². The van der Waals surface area contributed by atoms with Gasteiger partial charge < -0.3 is 10.6 Å². The summed E-state index contributed by atoms with van der Waals surface area (Å²) in [6.45, 7) is 1.26. The summed E-state index contributed by atoms with van der Waals surface area (Å²) in [6, 6.07) is 3.72. The molecule has 0 saturated carbocycles. The number of carbonyl (C=O) groups is 4. The maximum absolute atomic E-state index is 14.2. The predicted molar refractivity (Wildman–Crippen MR) is 105 cm³/mol. The Bertz CT molecular complexity index is 936. The van der Waals surface area contributed by atoms with Crippen LogP contribution in [0.1, 0.15) is 52.0 Å². The minimum atomic E-state index is -2.74. The number of imide groups is 2. The van der Waals surface area contributed by atoms with Gasteiger partial charge in [0.15, 0.2) is 0 Å². The Morgan fingerprint density at radius 1 is 1.06 bits per heavy atom. The normalized spacial score (nSPS) is 25.9. The number of fused-ring (bicyclic) bond motifs is 1. The van der Waals surface area contributed by atoms with E-state index in [0.29, 0.717) is 25.1 Å². The molecule has 3 aliphatic heterocycles. The van der Waals surface area contributed by atoms with Crippen LogP contribution in [0.25, 0.3) is 0 Å². The van der Waals surface area contributed by atoms with E-state index in [4.69, 9.17) is 0 Å². The van der Waals surface area contributed by atoms with Gasteiger partial charge in [-0.1, -0.05) is 6.07 Å². The van der Waals surface area contributed by atoms with Crippen LogP contribution in [0.15, 0.2) is 18.2 Å². The van der Waals surface area contributed by atoms with E-state index in [-0.39, 0.29) is 43.5 Å². The lowest BCUT2D eigenvalue weighted by molar-refractivity contribution is -0.136. The van der Waals surface area contributed by atoms with E-state index in [1.165, 1.54) is 6.07 Å². The van der Waals surface area contributed by atoms with Crippen LogP contribution in [-0.2, 0) is 16.1 Å². The maximum Gasteiger partial charge on any atom is 0.262 e. The highest BCUT2D eigenvalue weighted by Crippen LogP contribution is 2.32. The first-order valence-electron chi connectivity index (χ1n) is 10.4. The maximum atomic E-state index is 14.2. The summed E-state index contributed by atoms with van der Waals surface area (Å²) in [4.78, 5) is 49.9. The molecule has 31 heavy (non-hydrogen) atoms. The molecule has 166 valence electrons. The number of piperidine rings is 1. The van der Waals surface area contributed by atoms with Crippen LogP contribution in [-0.4, -0.2) is 60.1 Å². The van der Waals surface area contributed by atoms with Crippen molar-refractivity contribution in [1.29, 1.82) is 0 Å². The monoisotopic (exact) mass is 434 g/mol. The highest BCUT2D eigenvalue weighted by atomic mass is 19.3. The van der Waals surface area contributed by atoms with Crippen LogP contribution in [0.5, 0.6) is 0 Å².